The van der Waals surface area contributed by atoms with Gasteiger partial charge in [0.15, 0.2) is 4.34 Å². The van der Waals surface area contributed by atoms with Crippen LogP contribution in [0.2, 0.25) is 0 Å². The first-order valence-electron chi connectivity index (χ1n) is 10.3. The van der Waals surface area contributed by atoms with Crippen LogP contribution in [0.25, 0.3) is 0 Å². The van der Waals surface area contributed by atoms with Crippen molar-refractivity contribution in [3.05, 3.63) is 65.2 Å². The van der Waals surface area contributed by atoms with Gasteiger partial charge in [0.25, 0.3) is 5.91 Å². The normalized spacial score (nSPS) is 14.5. The maximum Gasteiger partial charge on any atom is 0.258 e. The highest BCUT2D eigenvalue weighted by atomic mass is 32.2. The molecule has 4 rings (SSSR count). The molecular formula is C22H21N5O3S3. The predicted molar refractivity (Wildman–Crippen MR) is 128 cm³/mol. The third-order valence-corrected chi connectivity index (χ3v) is 9.14. The fourth-order valence-electron chi connectivity index (χ4n) is 3.43. The van der Waals surface area contributed by atoms with Crippen molar-refractivity contribution in [1.82, 2.24) is 14.5 Å². The van der Waals surface area contributed by atoms with Crippen LogP contribution in [0.15, 0.2) is 57.8 Å². The molecule has 1 amide bonds. The summed E-state index contributed by atoms with van der Waals surface area (Å²) in [5.74, 6) is 0.108. The lowest BCUT2D eigenvalue weighted by Crippen LogP contribution is -2.36. The zero-order valence-electron chi connectivity index (χ0n) is 17.6. The maximum absolute atomic E-state index is 13.1. The van der Waals surface area contributed by atoms with Crippen molar-refractivity contribution in [3.8, 4) is 6.07 Å². The number of hydrogen-bond acceptors (Lipinski definition) is 8. The summed E-state index contributed by atoms with van der Waals surface area (Å²) >= 11 is 2.69. The Morgan fingerprint density at radius 3 is 2.55 bits per heavy atom. The van der Waals surface area contributed by atoms with E-state index in [-0.39, 0.29) is 10.5 Å². The molecule has 170 valence electrons. The number of thioether (sulfide) groups is 1. The quantitative estimate of drug-likeness (QED) is 0.384. The maximum atomic E-state index is 13.1. The number of nitrogens with one attached hydrogen (secondary N) is 1. The number of aromatic nitrogens is 2. The Morgan fingerprint density at radius 2 is 1.82 bits per heavy atom. The van der Waals surface area contributed by atoms with Crippen LogP contribution in [0.5, 0.6) is 0 Å². The Bertz CT molecular complexity index is 1280. The molecule has 8 nitrogen and oxygen atoms in total. The molecular weight excluding hydrogens is 478 g/mol. The molecule has 0 radical (unpaired) electrons. The number of amides is 1. The monoisotopic (exact) mass is 499 g/mol. The van der Waals surface area contributed by atoms with E-state index in [1.165, 1.54) is 39.5 Å². The van der Waals surface area contributed by atoms with Gasteiger partial charge in [-0.05, 0) is 42.7 Å². The SMILES string of the molecule is N#Cc1ccc(CSc2nnc(NC(=O)c3ccccc3S(=O)(=O)N3CCCCC3)s2)cc1. The zero-order valence-corrected chi connectivity index (χ0v) is 20.0. The van der Waals surface area contributed by atoms with E-state index in [9.17, 15) is 13.2 Å². The van der Waals surface area contributed by atoms with Gasteiger partial charge in [-0.15, -0.1) is 10.2 Å². The number of nitrogens with zero attached hydrogens (tertiary/aromatic N) is 4. The third-order valence-electron chi connectivity index (χ3n) is 5.14. The minimum Gasteiger partial charge on any atom is -0.296 e. The van der Waals surface area contributed by atoms with Gasteiger partial charge in [-0.25, -0.2) is 8.42 Å². The summed E-state index contributed by atoms with van der Waals surface area (Å²) in [6.45, 7) is 0.934. The molecule has 1 aliphatic rings. The van der Waals surface area contributed by atoms with Gasteiger partial charge in [-0.3, -0.25) is 10.1 Å². The molecule has 2 aromatic carbocycles. The average molecular weight is 500 g/mol. The minimum absolute atomic E-state index is 0.00401. The van der Waals surface area contributed by atoms with Crippen LogP contribution in [0.1, 0.15) is 40.7 Å². The zero-order chi connectivity index (χ0) is 23.3. The van der Waals surface area contributed by atoms with Crippen molar-refractivity contribution >= 4 is 44.2 Å². The van der Waals surface area contributed by atoms with Crippen molar-refractivity contribution in [1.29, 1.82) is 5.26 Å². The summed E-state index contributed by atoms with van der Waals surface area (Å²) < 4.78 is 28.4. The van der Waals surface area contributed by atoms with E-state index in [4.69, 9.17) is 5.26 Å². The molecule has 0 spiro atoms. The van der Waals surface area contributed by atoms with E-state index in [0.29, 0.717) is 33.9 Å². The van der Waals surface area contributed by atoms with Crippen molar-refractivity contribution in [2.45, 2.75) is 34.3 Å². The van der Waals surface area contributed by atoms with Crippen molar-refractivity contribution in [3.63, 3.8) is 0 Å². The van der Waals surface area contributed by atoms with Crippen LogP contribution in [-0.2, 0) is 15.8 Å². The standard InChI is InChI=1S/C22H21N5O3S3/c23-14-16-8-10-17(11-9-16)15-31-22-26-25-21(32-22)24-20(28)18-6-2-3-7-19(18)33(29,30)27-12-4-1-5-13-27/h2-3,6-11H,1,4-5,12-13,15H2,(H,24,25,28). The molecule has 2 heterocycles. The van der Waals surface area contributed by atoms with Crippen LogP contribution in [0.3, 0.4) is 0 Å². The van der Waals surface area contributed by atoms with E-state index in [0.717, 1.165) is 24.8 Å². The molecule has 1 aliphatic heterocycles. The Hall–Kier alpha value is -2.78. The molecule has 11 heteroatoms. The van der Waals surface area contributed by atoms with Crippen molar-refractivity contribution < 1.29 is 13.2 Å². The number of carbonyl (C=O) groups excluding carboxylic acids is 1. The lowest BCUT2D eigenvalue weighted by atomic mass is 10.2. The first-order chi connectivity index (χ1) is 16.0. The number of rotatable bonds is 7. The fraction of sp³-hybridized carbons (Fsp3) is 0.273. The molecule has 0 bridgehead atoms. The summed E-state index contributed by atoms with van der Waals surface area (Å²) in [6.07, 6.45) is 2.65. The second-order valence-electron chi connectivity index (χ2n) is 7.39. The Labute approximate surface area is 200 Å². The average Bonchev–Trinajstić information content (AvgIpc) is 3.30. The van der Waals surface area contributed by atoms with Gasteiger partial charge >= 0.3 is 0 Å². The molecule has 1 fully saturated rings. The molecule has 0 aliphatic carbocycles. The number of piperidine rings is 1. The van der Waals surface area contributed by atoms with Gasteiger partial charge in [0.2, 0.25) is 15.2 Å². The van der Waals surface area contributed by atoms with Gasteiger partial charge in [0.1, 0.15) is 0 Å². The number of anilines is 1. The van der Waals surface area contributed by atoms with E-state index in [1.54, 1.807) is 24.3 Å². The number of carbonyl (C=O) groups is 1. The molecule has 0 saturated carbocycles. The largest absolute Gasteiger partial charge is 0.296 e. The molecule has 33 heavy (non-hydrogen) atoms. The highest BCUT2D eigenvalue weighted by Gasteiger charge is 2.30. The summed E-state index contributed by atoms with van der Waals surface area (Å²) in [5.41, 5.74) is 1.73. The molecule has 1 N–H and O–H groups in total. The highest BCUT2D eigenvalue weighted by Crippen LogP contribution is 2.29. The summed E-state index contributed by atoms with van der Waals surface area (Å²) in [7, 11) is -3.75. The lowest BCUT2D eigenvalue weighted by Gasteiger charge is -2.26. The molecule has 3 aromatic rings. The van der Waals surface area contributed by atoms with Crippen LogP contribution >= 0.6 is 23.1 Å². The van der Waals surface area contributed by atoms with Gasteiger partial charge in [0.05, 0.1) is 22.1 Å². The smallest absolute Gasteiger partial charge is 0.258 e. The van der Waals surface area contributed by atoms with Crippen molar-refractivity contribution in [2.75, 3.05) is 18.4 Å². The van der Waals surface area contributed by atoms with Crippen LogP contribution in [0, 0.1) is 11.3 Å². The fourth-order valence-corrected chi connectivity index (χ4v) is 6.84. The van der Waals surface area contributed by atoms with E-state index in [1.807, 2.05) is 12.1 Å². The topological polar surface area (TPSA) is 116 Å². The number of nitriles is 1. The number of sulfonamides is 1. The first kappa shape index (κ1) is 23.4. The molecule has 0 atom stereocenters. The number of hydrogen-bond donors (Lipinski definition) is 1. The van der Waals surface area contributed by atoms with Gasteiger partial charge in [0, 0.05) is 18.8 Å². The second kappa shape index (κ2) is 10.4. The van der Waals surface area contributed by atoms with E-state index >= 15 is 0 Å². The Balaban J connectivity index is 1.44. The Morgan fingerprint density at radius 1 is 1.09 bits per heavy atom. The van der Waals surface area contributed by atoms with Crippen LogP contribution in [-0.4, -0.2) is 41.9 Å². The summed E-state index contributed by atoms with van der Waals surface area (Å²) in [4.78, 5) is 12.9. The highest BCUT2D eigenvalue weighted by molar-refractivity contribution is 8.00. The molecule has 1 aromatic heterocycles. The van der Waals surface area contributed by atoms with E-state index < -0.39 is 15.9 Å². The first-order valence-corrected chi connectivity index (χ1v) is 13.6. The minimum atomic E-state index is -3.75. The van der Waals surface area contributed by atoms with Crippen LogP contribution < -0.4 is 5.32 Å². The number of benzene rings is 2. The summed E-state index contributed by atoms with van der Waals surface area (Å²) in [5, 5.41) is 20.0. The second-order valence-corrected chi connectivity index (χ2v) is 11.5. The molecule has 1 saturated heterocycles. The van der Waals surface area contributed by atoms with Crippen LogP contribution in [0.4, 0.5) is 5.13 Å². The van der Waals surface area contributed by atoms with E-state index in [2.05, 4.69) is 21.6 Å². The molecule has 0 unspecified atom stereocenters. The summed E-state index contributed by atoms with van der Waals surface area (Å²) in [6, 6.07) is 15.6. The predicted octanol–water partition coefficient (Wildman–Crippen LogP) is 4.13. The van der Waals surface area contributed by atoms with Gasteiger partial charge in [-0.2, -0.15) is 9.57 Å². The van der Waals surface area contributed by atoms with Gasteiger partial charge in [-0.1, -0.05) is 53.8 Å². The van der Waals surface area contributed by atoms with Gasteiger partial charge < -0.3 is 0 Å². The third kappa shape index (κ3) is 5.59. The van der Waals surface area contributed by atoms with Crippen molar-refractivity contribution in [2.24, 2.45) is 0 Å². The lowest BCUT2D eigenvalue weighted by molar-refractivity contribution is 0.102. The Kier molecular flexibility index (Phi) is 7.39.